The number of ether oxygens (including phenoxy) is 1. The maximum Gasteiger partial charge on any atom is 0.312 e. The summed E-state index contributed by atoms with van der Waals surface area (Å²) in [6, 6.07) is 6.67. The lowest BCUT2D eigenvalue weighted by molar-refractivity contribution is -0.385. The zero-order valence-electron chi connectivity index (χ0n) is 9.27. The molecule has 2 aromatic carbocycles. The van der Waals surface area contributed by atoms with E-state index in [4.69, 9.17) is 4.74 Å². The van der Waals surface area contributed by atoms with Gasteiger partial charge in [0.1, 0.15) is 17.4 Å². The minimum atomic E-state index is -0.824. The summed E-state index contributed by atoms with van der Waals surface area (Å²) < 4.78 is 31.6. The molecule has 19 heavy (non-hydrogen) atoms. The highest BCUT2D eigenvalue weighted by Gasteiger charge is 2.16. The second-order valence-electron chi connectivity index (χ2n) is 3.58. The minimum Gasteiger partial charge on any atom is -0.450 e. The number of hydrogen-bond donors (Lipinski definition) is 0. The van der Waals surface area contributed by atoms with Crippen molar-refractivity contribution in [3.8, 4) is 11.5 Å². The fourth-order valence-corrected chi connectivity index (χ4v) is 1.78. The van der Waals surface area contributed by atoms with E-state index in [1.807, 2.05) is 0 Å². The van der Waals surface area contributed by atoms with Gasteiger partial charge in [0.25, 0.3) is 0 Å². The topological polar surface area (TPSA) is 52.4 Å². The largest absolute Gasteiger partial charge is 0.450 e. The molecular weight excluding hydrogens is 324 g/mol. The molecule has 0 aliphatic carbocycles. The van der Waals surface area contributed by atoms with Gasteiger partial charge in [0, 0.05) is 28.7 Å². The van der Waals surface area contributed by atoms with Gasteiger partial charge in [-0.25, -0.2) is 8.78 Å². The van der Waals surface area contributed by atoms with Gasteiger partial charge < -0.3 is 4.74 Å². The van der Waals surface area contributed by atoms with Crippen LogP contribution in [-0.2, 0) is 0 Å². The predicted octanol–water partition coefficient (Wildman–Crippen LogP) is 4.43. The van der Waals surface area contributed by atoms with Crippen LogP contribution in [0.3, 0.4) is 0 Å². The highest BCUT2D eigenvalue weighted by Crippen LogP contribution is 2.34. The van der Waals surface area contributed by atoms with Gasteiger partial charge in [0.15, 0.2) is 0 Å². The summed E-state index contributed by atoms with van der Waals surface area (Å²) in [5, 5.41) is 10.9. The van der Waals surface area contributed by atoms with Gasteiger partial charge in [-0.2, -0.15) is 0 Å². The van der Waals surface area contributed by atoms with Crippen LogP contribution in [0, 0.1) is 21.7 Å². The van der Waals surface area contributed by atoms with Crippen LogP contribution in [-0.4, -0.2) is 4.92 Å². The van der Waals surface area contributed by atoms with Gasteiger partial charge in [0.05, 0.1) is 4.92 Å². The first kappa shape index (κ1) is 13.4. The number of halogens is 3. The number of hydrogen-bond acceptors (Lipinski definition) is 3. The van der Waals surface area contributed by atoms with Crippen LogP contribution >= 0.6 is 15.9 Å². The van der Waals surface area contributed by atoms with Crippen molar-refractivity contribution < 1.29 is 18.4 Å². The van der Waals surface area contributed by atoms with Crippen molar-refractivity contribution in [1.82, 2.24) is 0 Å². The van der Waals surface area contributed by atoms with Crippen molar-refractivity contribution in [1.29, 1.82) is 0 Å². The molecule has 0 atom stereocenters. The maximum atomic E-state index is 13.0. The van der Waals surface area contributed by atoms with Gasteiger partial charge in [-0.15, -0.1) is 0 Å². The highest BCUT2D eigenvalue weighted by atomic mass is 79.9. The molecule has 0 heterocycles. The van der Waals surface area contributed by atoms with Crippen molar-refractivity contribution in [2.24, 2.45) is 0 Å². The van der Waals surface area contributed by atoms with Crippen LogP contribution in [0.25, 0.3) is 0 Å². The van der Waals surface area contributed by atoms with Gasteiger partial charge in [0.2, 0.25) is 5.75 Å². The standard InChI is InChI=1S/C12H6BrF2NO3/c13-7-1-2-12(11(3-7)16(17)18)19-10-5-8(14)4-9(15)6-10/h1-6H. The van der Waals surface area contributed by atoms with Crippen LogP contribution in [0.2, 0.25) is 0 Å². The van der Waals surface area contributed by atoms with E-state index in [0.717, 1.165) is 12.1 Å². The molecule has 0 aliphatic rings. The molecular formula is C12H6BrF2NO3. The number of nitrogens with zero attached hydrogens (tertiary/aromatic N) is 1. The molecule has 0 bridgehead atoms. The van der Waals surface area contributed by atoms with Crippen molar-refractivity contribution >= 4 is 21.6 Å². The molecule has 0 saturated carbocycles. The second kappa shape index (κ2) is 5.31. The monoisotopic (exact) mass is 329 g/mol. The molecule has 0 unspecified atom stereocenters. The van der Waals surface area contributed by atoms with Crippen LogP contribution < -0.4 is 4.74 Å². The van der Waals surface area contributed by atoms with Gasteiger partial charge in [-0.3, -0.25) is 10.1 Å². The Morgan fingerprint density at radius 2 is 1.74 bits per heavy atom. The first-order valence-corrected chi connectivity index (χ1v) is 5.83. The first-order valence-electron chi connectivity index (χ1n) is 5.03. The quantitative estimate of drug-likeness (QED) is 0.618. The van der Waals surface area contributed by atoms with E-state index in [1.165, 1.54) is 18.2 Å². The Bertz CT molecular complexity index is 629. The Hall–Kier alpha value is -2.02. The third kappa shape index (κ3) is 3.25. The van der Waals surface area contributed by atoms with E-state index < -0.39 is 16.6 Å². The average molecular weight is 330 g/mol. The maximum absolute atomic E-state index is 13.0. The van der Waals surface area contributed by atoms with E-state index >= 15 is 0 Å². The number of nitro benzene ring substituents is 1. The van der Waals surface area contributed by atoms with E-state index in [1.54, 1.807) is 0 Å². The SMILES string of the molecule is O=[N+]([O-])c1cc(Br)ccc1Oc1cc(F)cc(F)c1. The van der Waals surface area contributed by atoms with Gasteiger partial charge in [-0.1, -0.05) is 15.9 Å². The lowest BCUT2D eigenvalue weighted by atomic mass is 10.3. The third-order valence-corrected chi connectivity index (χ3v) is 2.67. The van der Waals surface area contributed by atoms with E-state index in [-0.39, 0.29) is 17.2 Å². The van der Waals surface area contributed by atoms with E-state index in [0.29, 0.717) is 10.5 Å². The molecule has 0 fully saturated rings. The highest BCUT2D eigenvalue weighted by molar-refractivity contribution is 9.10. The molecule has 2 aromatic rings. The molecule has 0 N–H and O–H groups in total. The summed E-state index contributed by atoms with van der Waals surface area (Å²) in [6.07, 6.45) is 0. The number of rotatable bonds is 3. The van der Waals surface area contributed by atoms with Crippen molar-refractivity contribution in [2.45, 2.75) is 0 Å². The first-order chi connectivity index (χ1) is 8.95. The molecule has 2 rings (SSSR count). The van der Waals surface area contributed by atoms with Crippen molar-refractivity contribution in [3.63, 3.8) is 0 Å². The Labute approximate surface area is 114 Å². The third-order valence-electron chi connectivity index (χ3n) is 2.18. The second-order valence-corrected chi connectivity index (χ2v) is 4.49. The molecule has 7 heteroatoms. The molecule has 0 aliphatic heterocycles. The molecule has 0 amide bonds. The van der Waals surface area contributed by atoms with Crippen LogP contribution in [0.5, 0.6) is 11.5 Å². The summed E-state index contributed by atoms with van der Waals surface area (Å²) in [7, 11) is 0. The Kier molecular flexibility index (Phi) is 3.75. The summed E-state index contributed by atoms with van der Waals surface area (Å²) in [6.45, 7) is 0. The molecule has 0 radical (unpaired) electrons. The predicted molar refractivity (Wildman–Crippen MR) is 67.2 cm³/mol. The van der Waals surface area contributed by atoms with E-state index in [9.17, 15) is 18.9 Å². The average Bonchev–Trinajstić information content (AvgIpc) is 2.30. The molecule has 0 saturated heterocycles. The lowest BCUT2D eigenvalue weighted by Gasteiger charge is -2.06. The normalized spacial score (nSPS) is 10.3. The zero-order valence-corrected chi connectivity index (χ0v) is 10.9. The molecule has 98 valence electrons. The van der Waals surface area contributed by atoms with Crippen LogP contribution in [0.1, 0.15) is 0 Å². The van der Waals surface area contributed by atoms with Crippen LogP contribution in [0.15, 0.2) is 40.9 Å². The molecule has 0 aromatic heterocycles. The summed E-state index contributed by atoms with van der Waals surface area (Å²) in [4.78, 5) is 10.2. The van der Waals surface area contributed by atoms with Crippen molar-refractivity contribution in [3.05, 3.63) is 62.6 Å². The Morgan fingerprint density at radius 1 is 1.11 bits per heavy atom. The fraction of sp³-hybridized carbons (Fsp3) is 0. The summed E-state index contributed by atoms with van der Waals surface area (Å²) >= 11 is 3.09. The zero-order chi connectivity index (χ0) is 14.0. The number of benzene rings is 2. The van der Waals surface area contributed by atoms with E-state index in [2.05, 4.69) is 15.9 Å². The van der Waals surface area contributed by atoms with Crippen molar-refractivity contribution in [2.75, 3.05) is 0 Å². The van der Waals surface area contributed by atoms with Crippen LogP contribution in [0.4, 0.5) is 14.5 Å². The van der Waals surface area contributed by atoms with Gasteiger partial charge in [-0.05, 0) is 12.1 Å². The minimum absolute atomic E-state index is 0.0989. The smallest absolute Gasteiger partial charge is 0.312 e. The molecule has 0 spiro atoms. The Morgan fingerprint density at radius 3 is 2.32 bits per heavy atom. The number of nitro groups is 1. The molecule has 4 nitrogen and oxygen atoms in total. The van der Waals surface area contributed by atoms with Gasteiger partial charge >= 0.3 is 5.69 Å². The lowest BCUT2D eigenvalue weighted by Crippen LogP contribution is -1.94. The fourth-order valence-electron chi connectivity index (χ4n) is 1.43. The Balaban J connectivity index is 2.40. The summed E-state index contributed by atoms with van der Waals surface area (Å²) in [5.74, 6) is -1.90. The summed E-state index contributed by atoms with van der Waals surface area (Å²) in [5.41, 5.74) is -0.306.